The first-order chi connectivity index (χ1) is 8.40. The molecule has 0 aromatic heterocycles. The van der Waals surface area contributed by atoms with E-state index in [1.54, 1.807) is 0 Å². The molecule has 1 N–H and O–H groups in total. The molecule has 2 saturated carbocycles. The summed E-state index contributed by atoms with van der Waals surface area (Å²) < 4.78 is 5.46. The minimum Gasteiger partial charge on any atom is -0.382 e. The van der Waals surface area contributed by atoms with Crippen molar-refractivity contribution in [3.05, 3.63) is 0 Å². The third-order valence-corrected chi connectivity index (χ3v) is 4.38. The summed E-state index contributed by atoms with van der Waals surface area (Å²) in [5, 5.41) is 3.73. The lowest BCUT2D eigenvalue weighted by atomic mass is 9.87. The Morgan fingerprint density at radius 3 is 2.59 bits per heavy atom. The number of nitrogens with one attached hydrogen (secondary N) is 1. The van der Waals surface area contributed by atoms with Crippen LogP contribution in [0.25, 0.3) is 0 Å². The second kappa shape index (κ2) is 7.38. The van der Waals surface area contributed by atoms with Gasteiger partial charge in [-0.1, -0.05) is 25.7 Å². The summed E-state index contributed by atoms with van der Waals surface area (Å²) in [7, 11) is 0. The maximum Gasteiger partial charge on any atom is 0.0466 e. The van der Waals surface area contributed by atoms with Crippen LogP contribution >= 0.6 is 0 Å². The average molecular weight is 239 g/mol. The highest BCUT2D eigenvalue weighted by Crippen LogP contribution is 2.34. The largest absolute Gasteiger partial charge is 0.382 e. The molecule has 0 radical (unpaired) electrons. The fraction of sp³-hybridized carbons (Fsp3) is 1.00. The van der Waals surface area contributed by atoms with Gasteiger partial charge in [0.15, 0.2) is 0 Å². The van der Waals surface area contributed by atoms with Gasteiger partial charge in [0, 0.05) is 19.3 Å². The van der Waals surface area contributed by atoms with Crippen molar-refractivity contribution >= 4 is 0 Å². The maximum atomic E-state index is 5.46. The Hall–Kier alpha value is -0.0800. The molecule has 1 atom stereocenters. The van der Waals surface area contributed by atoms with Gasteiger partial charge in [0.1, 0.15) is 0 Å². The quantitative estimate of drug-likeness (QED) is 0.623. The van der Waals surface area contributed by atoms with Crippen LogP contribution in [-0.4, -0.2) is 25.8 Å². The molecular weight excluding hydrogens is 210 g/mol. The van der Waals surface area contributed by atoms with Crippen LogP contribution in [0.1, 0.15) is 58.3 Å². The lowest BCUT2D eigenvalue weighted by Gasteiger charge is -2.24. The van der Waals surface area contributed by atoms with Crippen molar-refractivity contribution in [2.24, 2.45) is 11.8 Å². The van der Waals surface area contributed by atoms with E-state index in [2.05, 4.69) is 12.2 Å². The zero-order valence-corrected chi connectivity index (χ0v) is 11.4. The number of ether oxygens (including phenoxy) is 1. The van der Waals surface area contributed by atoms with Gasteiger partial charge in [-0.05, 0) is 51.0 Å². The van der Waals surface area contributed by atoms with E-state index < -0.39 is 0 Å². The summed E-state index contributed by atoms with van der Waals surface area (Å²) in [6.45, 7) is 5.18. The smallest absolute Gasteiger partial charge is 0.0466 e. The Morgan fingerprint density at radius 2 is 1.94 bits per heavy atom. The van der Waals surface area contributed by atoms with Gasteiger partial charge < -0.3 is 10.1 Å². The lowest BCUT2D eigenvalue weighted by Crippen LogP contribution is -2.29. The van der Waals surface area contributed by atoms with Gasteiger partial charge in [0.2, 0.25) is 0 Å². The normalized spacial score (nSPS) is 23.1. The first-order valence-corrected chi connectivity index (χ1v) is 7.71. The average Bonchev–Trinajstić information content (AvgIpc) is 3.01. The predicted octanol–water partition coefficient (Wildman–Crippen LogP) is 3.36. The van der Waals surface area contributed by atoms with Crippen LogP contribution in [0.2, 0.25) is 0 Å². The lowest BCUT2D eigenvalue weighted by molar-refractivity contribution is 0.135. The van der Waals surface area contributed by atoms with Crippen LogP contribution < -0.4 is 5.32 Å². The van der Waals surface area contributed by atoms with Crippen LogP contribution in [0.3, 0.4) is 0 Å². The van der Waals surface area contributed by atoms with Crippen LogP contribution in [0.5, 0.6) is 0 Å². The fourth-order valence-corrected chi connectivity index (χ4v) is 3.13. The third-order valence-electron chi connectivity index (χ3n) is 4.38. The fourth-order valence-electron chi connectivity index (χ4n) is 3.13. The van der Waals surface area contributed by atoms with Crippen LogP contribution in [0.15, 0.2) is 0 Å². The third kappa shape index (κ3) is 4.97. The molecule has 2 heteroatoms. The zero-order chi connectivity index (χ0) is 11.9. The van der Waals surface area contributed by atoms with Gasteiger partial charge in [0.25, 0.3) is 0 Å². The summed E-state index contributed by atoms with van der Waals surface area (Å²) in [4.78, 5) is 0. The Kier molecular flexibility index (Phi) is 5.79. The molecule has 0 aliphatic heterocycles. The number of rotatable bonds is 9. The molecule has 17 heavy (non-hydrogen) atoms. The second-order valence-corrected chi connectivity index (χ2v) is 5.83. The SMILES string of the molecule is CCOCCCC(CNC1CC1)C1CCCC1. The van der Waals surface area contributed by atoms with Crippen LogP contribution in [0.4, 0.5) is 0 Å². The minimum atomic E-state index is 0.866. The molecule has 0 spiro atoms. The van der Waals surface area contributed by atoms with E-state index in [-0.39, 0.29) is 0 Å². The molecule has 2 fully saturated rings. The maximum absolute atomic E-state index is 5.46. The van der Waals surface area contributed by atoms with Gasteiger partial charge in [-0.15, -0.1) is 0 Å². The molecule has 0 amide bonds. The Labute approximate surface area is 107 Å². The highest BCUT2D eigenvalue weighted by molar-refractivity contribution is 4.84. The summed E-state index contributed by atoms with van der Waals surface area (Å²) in [5.74, 6) is 1.92. The Balaban J connectivity index is 1.65. The minimum absolute atomic E-state index is 0.866. The number of hydrogen-bond acceptors (Lipinski definition) is 2. The van der Waals surface area contributed by atoms with Crippen molar-refractivity contribution < 1.29 is 4.74 Å². The van der Waals surface area contributed by atoms with Crippen molar-refractivity contribution in [1.82, 2.24) is 5.32 Å². The van der Waals surface area contributed by atoms with E-state index in [1.165, 1.54) is 57.9 Å². The molecule has 2 nitrogen and oxygen atoms in total. The van der Waals surface area contributed by atoms with E-state index in [4.69, 9.17) is 4.74 Å². The summed E-state index contributed by atoms with van der Waals surface area (Å²) in [6.07, 6.45) is 11.3. The highest BCUT2D eigenvalue weighted by atomic mass is 16.5. The predicted molar refractivity (Wildman–Crippen MR) is 72.2 cm³/mol. The van der Waals surface area contributed by atoms with E-state index in [1.807, 2.05) is 0 Å². The Morgan fingerprint density at radius 1 is 1.18 bits per heavy atom. The monoisotopic (exact) mass is 239 g/mol. The standard InChI is InChI=1S/C15H29NO/c1-2-17-11-5-8-14(12-16-15-9-10-15)13-6-3-4-7-13/h13-16H,2-12H2,1H3. The van der Waals surface area contributed by atoms with Crippen molar-refractivity contribution in [2.75, 3.05) is 19.8 Å². The van der Waals surface area contributed by atoms with Gasteiger partial charge in [-0.25, -0.2) is 0 Å². The summed E-state index contributed by atoms with van der Waals surface area (Å²) >= 11 is 0. The van der Waals surface area contributed by atoms with Gasteiger partial charge >= 0.3 is 0 Å². The molecule has 2 aliphatic rings. The second-order valence-electron chi connectivity index (χ2n) is 5.83. The van der Waals surface area contributed by atoms with Gasteiger partial charge in [-0.3, -0.25) is 0 Å². The molecule has 0 heterocycles. The first-order valence-electron chi connectivity index (χ1n) is 7.71. The molecule has 2 rings (SSSR count). The zero-order valence-electron chi connectivity index (χ0n) is 11.4. The molecular formula is C15H29NO. The molecule has 0 aromatic carbocycles. The summed E-state index contributed by atoms with van der Waals surface area (Å²) in [5.41, 5.74) is 0. The van der Waals surface area contributed by atoms with Crippen molar-refractivity contribution in [3.8, 4) is 0 Å². The van der Waals surface area contributed by atoms with Crippen molar-refractivity contribution in [2.45, 2.75) is 64.3 Å². The van der Waals surface area contributed by atoms with Gasteiger partial charge in [0.05, 0.1) is 0 Å². The topological polar surface area (TPSA) is 21.3 Å². The van der Waals surface area contributed by atoms with Crippen LogP contribution in [-0.2, 0) is 4.74 Å². The summed E-state index contributed by atoms with van der Waals surface area (Å²) in [6, 6.07) is 0.866. The first kappa shape index (κ1) is 13.4. The highest BCUT2D eigenvalue weighted by Gasteiger charge is 2.27. The van der Waals surface area contributed by atoms with E-state index >= 15 is 0 Å². The van der Waals surface area contributed by atoms with E-state index in [0.717, 1.165) is 31.1 Å². The molecule has 0 bridgehead atoms. The van der Waals surface area contributed by atoms with E-state index in [0.29, 0.717) is 0 Å². The molecule has 1 unspecified atom stereocenters. The van der Waals surface area contributed by atoms with Crippen molar-refractivity contribution in [1.29, 1.82) is 0 Å². The van der Waals surface area contributed by atoms with E-state index in [9.17, 15) is 0 Å². The van der Waals surface area contributed by atoms with Gasteiger partial charge in [-0.2, -0.15) is 0 Å². The number of hydrogen-bond donors (Lipinski definition) is 1. The molecule has 0 aromatic rings. The molecule has 2 aliphatic carbocycles. The molecule has 100 valence electrons. The molecule has 0 saturated heterocycles. The van der Waals surface area contributed by atoms with Crippen molar-refractivity contribution in [3.63, 3.8) is 0 Å². The Bertz CT molecular complexity index is 197. The van der Waals surface area contributed by atoms with Crippen LogP contribution in [0, 0.1) is 11.8 Å².